The zero-order valence-electron chi connectivity index (χ0n) is 16.5. The quantitative estimate of drug-likeness (QED) is 0.331. The van der Waals surface area contributed by atoms with E-state index in [1.54, 1.807) is 11.6 Å². The van der Waals surface area contributed by atoms with Gasteiger partial charge in [-0.15, -0.1) is 5.10 Å². The second-order valence-corrected chi connectivity index (χ2v) is 8.22. The molecule has 0 saturated heterocycles. The van der Waals surface area contributed by atoms with Crippen LogP contribution in [-0.2, 0) is 0 Å². The molecule has 3 aromatic heterocycles. The lowest BCUT2D eigenvalue weighted by Crippen LogP contribution is -2.17. The Bertz CT molecular complexity index is 1560. The summed E-state index contributed by atoms with van der Waals surface area (Å²) in [5.41, 5.74) is 6.92. The van der Waals surface area contributed by atoms with Crippen LogP contribution in [0.3, 0.4) is 0 Å². The monoisotopic (exact) mass is 545 g/mol. The zero-order chi connectivity index (χ0) is 22.6. The number of hydrogen-bond donors (Lipinski definition) is 1. The molecule has 5 rings (SSSR count). The third-order valence-corrected chi connectivity index (χ3v) is 6.01. The molecule has 2 N–H and O–H groups in total. The summed E-state index contributed by atoms with van der Waals surface area (Å²) in [6.07, 6.45) is 1.43. The van der Waals surface area contributed by atoms with Crippen molar-refractivity contribution >= 4 is 50.3 Å². The van der Waals surface area contributed by atoms with Gasteiger partial charge in [-0.25, -0.2) is 13.5 Å². The first-order valence-electron chi connectivity index (χ1n) is 9.53. The summed E-state index contributed by atoms with van der Waals surface area (Å²) in [6.45, 7) is 1.77. The molecular formula is C22H14F2IN5O2. The first-order chi connectivity index (χ1) is 15.4. The topological polar surface area (TPSA) is 99.8 Å². The summed E-state index contributed by atoms with van der Waals surface area (Å²) in [7, 11) is 0. The van der Waals surface area contributed by atoms with Crippen LogP contribution in [0, 0.1) is 15.3 Å². The van der Waals surface area contributed by atoms with Gasteiger partial charge >= 0.3 is 0 Å². The van der Waals surface area contributed by atoms with Crippen molar-refractivity contribution in [1.29, 1.82) is 0 Å². The lowest BCUT2D eigenvalue weighted by atomic mass is 9.99. The third-order valence-electron chi connectivity index (χ3n) is 5.26. The minimum Gasteiger partial charge on any atom is -0.458 e. The maximum absolute atomic E-state index is 14.5. The van der Waals surface area contributed by atoms with E-state index in [1.165, 1.54) is 48.7 Å². The molecule has 0 bridgehead atoms. The molecular weight excluding hydrogens is 531 g/mol. The highest BCUT2D eigenvalue weighted by Crippen LogP contribution is 2.34. The second-order valence-electron chi connectivity index (χ2n) is 7.20. The summed E-state index contributed by atoms with van der Waals surface area (Å²) >= 11 is 2.04. The molecule has 0 amide bonds. The number of halogens is 3. The Kier molecular flexibility index (Phi) is 4.88. The predicted molar refractivity (Wildman–Crippen MR) is 124 cm³/mol. The van der Waals surface area contributed by atoms with E-state index in [4.69, 9.17) is 10.2 Å². The van der Waals surface area contributed by atoms with Gasteiger partial charge < -0.3 is 10.2 Å². The SMILES string of the molecule is CC(c1oc2cccc(F)c2c(=O)c1-c1ccc(F)cc1)n1nc(I)c2c(N)cnnc21. The molecule has 0 aliphatic rings. The van der Waals surface area contributed by atoms with Gasteiger partial charge in [0.1, 0.15) is 38.1 Å². The zero-order valence-corrected chi connectivity index (χ0v) is 18.7. The number of anilines is 1. The number of nitrogen functional groups attached to an aromatic ring is 1. The van der Waals surface area contributed by atoms with Crippen LogP contribution in [-0.4, -0.2) is 20.0 Å². The van der Waals surface area contributed by atoms with Crippen LogP contribution in [0.5, 0.6) is 0 Å². The highest BCUT2D eigenvalue weighted by Gasteiger charge is 2.26. The van der Waals surface area contributed by atoms with Crippen LogP contribution in [0.4, 0.5) is 14.5 Å². The average molecular weight is 545 g/mol. The van der Waals surface area contributed by atoms with Crippen LogP contribution in [0.25, 0.3) is 33.1 Å². The fourth-order valence-corrected chi connectivity index (χ4v) is 4.52. The molecule has 32 heavy (non-hydrogen) atoms. The van der Waals surface area contributed by atoms with Crippen molar-refractivity contribution in [2.24, 2.45) is 0 Å². The van der Waals surface area contributed by atoms with Gasteiger partial charge in [0.2, 0.25) is 5.43 Å². The van der Waals surface area contributed by atoms with E-state index in [0.29, 0.717) is 26.0 Å². The summed E-state index contributed by atoms with van der Waals surface area (Å²) < 4.78 is 36.3. The van der Waals surface area contributed by atoms with E-state index < -0.39 is 23.1 Å². The Morgan fingerprint density at radius 1 is 1.12 bits per heavy atom. The van der Waals surface area contributed by atoms with Gasteiger partial charge in [0.15, 0.2) is 5.65 Å². The molecule has 10 heteroatoms. The van der Waals surface area contributed by atoms with Crippen LogP contribution in [0.1, 0.15) is 18.7 Å². The molecule has 0 aliphatic carbocycles. The Balaban J connectivity index is 1.84. The molecule has 1 unspecified atom stereocenters. The number of hydrogen-bond acceptors (Lipinski definition) is 6. The van der Waals surface area contributed by atoms with E-state index >= 15 is 0 Å². The molecule has 0 radical (unpaired) electrons. The van der Waals surface area contributed by atoms with E-state index in [-0.39, 0.29) is 22.3 Å². The Hall–Kier alpha value is -3.41. The summed E-state index contributed by atoms with van der Waals surface area (Å²) in [6, 6.07) is 8.90. The van der Waals surface area contributed by atoms with Gasteiger partial charge in [0, 0.05) is 0 Å². The molecule has 7 nitrogen and oxygen atoms in total. The fraction of sp³-hybridized carbons (Fsp3) is 0.0909. The number of nitrogens with zero attached hydrogens (tertiary/aromatic N) is 4. The standard InChI is InChI=1S/C22H14F2IN5O2/c1-10(30-22-18(21(25)29-30)14(26)9-27-28-22)20-16(11-5-7-12(23)8-6-11)19(31)17-13(24)3-2-4-15(17)32-20/h2-10H,1H3,(H2,26,28). The molecule has 5 aromatic rings. The first kappa shape index (κ1) is 20.5. The van der Waals surface area contributed by atoms with Gasteiger partial charge in [-0.2, -0.15) is 10.2 Å². The van der Waals surface area contributed by atoms with Gasteiger partial charge in [-0.3, -0.25) is 4.79 Å². The van der Waals surface area contributed by atoms with Crippen LogP contribution in [0.15, 0.2) is 57.9 Å². The van der Waals surface area contributed by atoms with Crippen molar-refractivity contribution < 1.29 is 13.2 Å². The van der Waals surface area contributed by atoms with Crippen molar-refractivity contribution in [3.63, 3.8) is 0 Å². The van der Waals surface area contributed by atoms with E-state index in [2.05, 4.69) is 15.3 Å². The van der Waals surface area contributed by atoms with Crippen molar-refractivity contribution in [2.45, 2.75) is 13.0 Å². The number of aromatic nitrogens is 4. The molecule has 0 fully saturated rings. The van der Waals surface area contributed by atoms with Crippen molar-refractivity contribution in [2.75, 3.05) is 5.73 Å². The minimum atomic E-state index is -0.698. The molecule has 0 spiro atoms. The highest BCUT2D eigenvalue weighted by molar-refractivity contribution is 14.1. The van der Waals surface area contributed by atoms with Gasteiger partial charge in [-0.05, 0) is 59.3 Å². The van der Waals surface area contributed by atoms with E-state index in [9.17, 15) is 13.6 Å². The maximum atomic E-state index is 14.5. The maximum Gasteiger partial charge on any atom is 0.203 e. The van der Waals surface area contributed by atoms with Crippen LogP contribution < -0.4 is 11.2 Å². The average Bonchev–Trinajstić information content (AvgIpc) is 3.11. The number of rotatable bonds is 3. The fourth-order valence-electron chi connectivity index (χ4n) is 3.73. The van der Waals surface area contributed by atoms with Gasteiger partial charge in [0.25, 0.3) is 0 Å². The molecule has 1 atom stereocenters. The second kappa shape index (κ2) is 7.62. The molecule has 2 aromatic carbocycles. The number of benzene rings is 2. The van der Waals surface area contributed by atoms with E-state index in [0.717, 1.165) is 0 Å². The summed E-state index contributed by atoms with van der Waals surface area (Å²) in [4.78, 5) is 13.4. The van der Waals surface area contributed by atoms with Crippen LogP contribution in [0.2, 0.25) is 0 Å². The normalized spacial score (nSPS) is 12.5. The van der Waals surface area contributed by atoms with Crippen molar-refractivity contribution in [1.82, 2.24) is 20.0 Å². The van der Waals surface area contributed by atoms with Crippen LogP contribution >= 0.6 is 22.6 Å². The summed E-state index contributed by atoms with van der Waals surface area (Å²) in [5.74, 6) is -0.931. The minimum absolute atomic E-state index is 0.0967. The highest BCUT2D eigenvalue weighted by atomic mass is 127. The largest absolute Gasteiger partial charge is 0.458 e. The lowest BCUT2D eigenvalue weighted by Gasteiger charge is -2.17. The predicted octanol–water partition coefficient (Wildman–Crippen LogP) is 4.67. The first-order valence-corrected chi connectivity index (χ1v) is 10.6. The summed E-state index contributed by atoms with van der Waals surface area (Å²) in [5, 5.41) is 13.1. The molecule has 3 heterocycles. The smallest absolute Gasteiger partial charge is 0.203 e. The Morgan fingerprint density at radius 2 is 1.88 bits per heavy atom. The number of fused-ring (bicyclic) bond motifs is 2. The molecule has 160 valence electrons. The van der Waals surface area contributed by atoms with Gasteiger partial charge in [0.05, 0.1) is 22.8 Å². The van der Waals surface area contributed by atoms with Gasteiger partial charge in [-0.1, -0.05) is 18.2 Å². The van der Waals surface area contributed by atoms with Crippen molar-refractivity contribution in [3.8, 4) is 11.1 Å². The number of nitrogens with two attached hydrogens (primary N) is 1. The third kappa shape index (κ3) is 3.13. The van der Waals surface area contributed by atoms with Crippen molar-refractivity contribution in [3.05, 3.63) is 80.0 Å². The Morgan fingerprint density at radius 3 is 2.62 bits per heavy atom. The lowest BCUT2D eigenvalue weighted by molar-refractivity contribution is 0.442. The Labute approximate surface area is 193 Å². The molecule has 0 aliphatic heterocycles. The molecule has 0 saturated carbocycles. The van der Waals surface area contributed by atoms with E-state index in [1.807, 2.05) is 22.6 Å².